The van der Waals surface area contributed by atoms with Crippen molar-refractivity contribution in [3.05, 3.63) is 18.2 Å². The SMILES string of the molecule is CC1(C)C(C(=O)O)C1C(=O)Nc1cccc2nsnc12. The van der Waals surface area contributed by atoms with Gasteiger partial charge in [-0.1, -0.05) is 19.9 Å². The number of fused-ring (bicyclic) bond motifs is 1. The number of nitrogens with zero attached hydrogens (tertiary/aromatic N) is 2. The fourth-order valence-corrected chi connectivity index (χ4v) is 3.26. The minimum atomic E-state index is -0.927. The van der Waals surface area contributed by atoms with Crippen molar-refractivity contribution in [3.63, 3.8) is 0 Å². The molecule has 0 spiro atoms. The minimum absolute atomic E-state index is 0.275. The summed E-state index contributed by atoms with van der Waals surface area (Å²) >= 11 is 1.08. The first kappa shape index (κ1) is 13.0. The van der Waals surface area contributed by atoms with Crippen LogP contribution in [-0.2, 0) is 9.59 Å². The normalized spacial score (nSPS) is 23.5. The molecule has 0 saturated heterocycles. The van der Waals surface area contributed by atoms with Crippen molar-refractivity contribution in [1.29, 1.82) is 0 Å². The molecule has 1 fully saturated rings. The third kappa shape index (κ3) is 1.85. The van der Waals surface area contributed by atoms with Gasteiger partial charge in [0.25, 0.3) is 0 Å². The molecule has 2 unspecified atom stereocenters. The lowest BCUT2D eigenvalue weighted by Gasteiger charge is -2.06. The standard InChI is InChI=1S/C13H13N3O3S/c1-13(2)8(9(13)12(18)19)11(17)14-6-4-3-5-7-10(6)16-20-15-7/h3-5,8-9H,1-2H3,(H,14,17)(H,18,19). The van der Waals surface area contributed by atoms with E-state index in [4.69, 9.17) is 5.11 Å². The molecule has 2 atom stereocenters. The molecule has 2 aromatic rings. The van der Waals surface area contributed by atoms with E-state index in [1.807, 2.05) is 6.07 Å². The number of carboxylic acid groups (broad SMARTS) is 1. The number of aromatic nitrogens is 2. The Balaban J connectivity index is 1.84. The number of carbonyl (C=O) groups is 2. The topological polar surface area (TPSA) is 92.2 Å². The van der Waals surface area contributed by atoms with E-state index >= 15 is 0 Å². The first-order chi connectivity index (χ1) is 9.43. The van der Waals surface area contributed by atoms with Crippen molar-refractivity contribution in [2.24, 2.45) is 17.3 Å². The molecular formula is C13H13N3O3S. The third-order valence-corrected chi connectivity index (χ3v) is 4.46. The second-order valence-corrected chi connectivity index (χ2v) is 6.07. The molecule has 1 amide bonds. The second-order valence-electron chi connectivity index (χ2n) is 5.54. The molecule has 0 bridgehead atoms. The highest BCUT2D eigenvalue weighted by atomic mass is 32.1. The lowest BCUT2D eigenvalue weighted by molar-refractivity contribution is -0.140. The smallest absolute Gasteiger partial charge is 0.307 e. The second kappa shape index (κ2) is 4.24. The summed E-state index contributed by atoms with van der Waals surface area (Å²) in [6, 6.07) is 5.34. The Morgan fingerprint density at radius 2 is 2.05 bits per heavy atom. The number of carboxylic acids is 1. The van der Waals surface area contributed by atoms with Crippen LogP contribution in [0.15, 0.2) is 18.2 Å². The summed E-state index contributed by atoms with van der Waals surface area (Å²) in [6.07, 6.45) is 0. The van der Waals surface area contributed by atoms with Gasteiger partial charge in [-0.2, -0.15) is 8.75 Å². The lowest BCUT2D eigenvalue weighted by Crippen LogP contribution is -2.17. The van der Waals surface area contributed by atoms with Gasteiger partial charge in [0, 0.05) is 0 Å². The highest BCUT2D eigenvalue weighted by Gasteiger charge is 2.65. The van der Waals surface area contributed by atoms with Crippen molar-refractivity contribution in [3.8, 4) is 0 Å². The number of nitrogens with one attached hydrogen (secondary N) is 1. The van der Waals surface area contributed by atoms with Crippen molar-refractivity contribution in [2.75, 3.05) is 5.32 Å². The maximum Gasteiger partial charge on any atom is 0.307 e. The Bertz CT molecular complexity index is 710. The van der Waals surface area contributed by atoms with Crippen LogP contribution in [0.5, 0.6) is 0 Å². The van der Waals surface area contributed by atoms with Gasteiger partial charge in [0.1, 0.15) is 11.0 Å². The van der Waals surface area contributed by atoms with Gasteiger partial charge < -0.3 is 10.4 Å². The van der Waals surface area contributed by atoms with Crippen LogP contribution in [0.4, 0.5) is 5.69 Å². The van der Waals surface area contributed by atoms with Crippen LogP contribution in [0.3, 0.4) is 0 Å². The number of aliphatic carboxylic acids is 1. The fourth-order valence-electron chi connectivity index (χ4n) is 2.71. The van der Waals surface area contributed by atoms with E-state index in [1.165, 1.54) is 0 Å². The molecule has 104 valence electrons. The number of amides is 1. The molecule has 0 radical (unpaired) electrons. The summed E-state index contributed by atoms with van der Waals surface area (Å²) in [5, 5.41) is 11.9. The molecule has 0 aliphatic heterocycles. The Hall–Kier alpha value is -2.02. The largest absolute Gasteiger partial charge is 0.481 e. The predicted molar refractivity (Wildman–Crippen MR) is 74.4 cm³/mol. The van der Waals surface area contributed by atoms with Gasteiger partial charge in [0.05, 0.1) is 29.3 Å². The number of carbonyl (C=O) groups excluding carboxylic acids is 1. The van der Waals surface area contributed by atoms with Gasteiger partial charge in [-0.15, -0.1) is 0 Å². The quantitative estimate of drug-likeness (QED) is 0.902. The summed E-state index contributed by atoms with van der Waals surface area (Å²) in [4.78, 5) is 23.4. The molecule has 1 heterocycles. The van der Waals surface area contributed by atoms with E-state index in [-0.39, 0.29) is 5.91 Å². The third-order valence-electron chi connectivity index (χ3n) is 3.92. The van der Waals surface area contributed by atoms with Gasteiger partial charge >= 0.3 is 5.97 Å². The van der Waals surface area contributed by atoms with E-state index in [0.717, 1.165) is 17.2 Å². The van der Waals surface area contributed by atoms with Gasteiger partial charge in [-0.25, -0.2) is 0 Å². The maximum atomic E-state index is 12.3. The average molecular weight is 291 g/mol. The van der Waals surface area contributed by atoms with Crippen molar-refractivity contribution in [2.45, 2.75) is 13.8 Å². The van der Waals surface area contributed by atoms with Crippen molar-refractivity contribution < 1.29 is 14.7 Å². The maximum absolute atomic E-state index is 12.3. The number of benzene rings is 1. The fraction of sp³-hybridized carbons (Fsp3) is 0.385. The highest BCUT2D eigenvalue weighted by Crippen LogP contribution is 2.58. The molecule has 3 rings (SSSR count). The molecule has 7 heteroatoms. The minimum Gasteiger partial charge on any atom is -0.481 e. The zero-order valence-electron chi connectivity index (χ0n) is 11.0. The summed E-state index contributed by atoms with van der Waals surface area (Å²) < 4.78 is 8.25. The molecule has 20 heavy (non-hydrogen) atoms. The molecule has 6 nitrogen and oxygen atoms in total. The number of hydrogen-bond acceptors (Lipinski definition) is 5. The molecule has 1 aliphatic carbocycles. The molecule has 1 saturated carbocycles. The zero-order valence-corrected chi connectivity index (χ0v) is 11.8. The van der Waals surface area contributed by atoms with Crippen LogP contribution >= 0.6 is 11.7 Å². The number of hydrogen-bond donors (Lipinski definition) is 2. The number of rotatable bonds is 3. The van der Waals surface area contributed by atoms with Crippen LogP contribution in [0, 0.1) is 17.3 Å². The average Bonchev–Trinajstić information content (AvgIpc) is 2.73. The van der Waals surface area contributed by atoms with E-state index in [0.29, 0.717) is 11.2 Å². The zero-order chi connectivity index (χ0) is 14.5. The first-order valence-electron chi connectivity index (χ1n) is 6.18. The summed E-state index contributed by atoms with van der Waals surface area (Å²) in [7, 11) is 0. The van der Waals surface area contributed by atoms with Gasteiger partial charge in [0.2, 0.25) is 5.91 Å². The van der Waals surface area contributed by atoms with E-state index < -0.39 is 23.2 Å². The summed E-state index contributed by atoms with van der Waals surface area (Å²) in [6.45, 7) is 3.59. The Labute approximate surface area is 119 Å². The molecule has 1 aliphatic rings. The molecule has 2 N–H and O–H groups in total. The summed E-state index contributed by atoms with van der Waals surface area (Å²) in [5.74, 6) is -2.34. The Morgan fingerprint density at radius 1 is 1.30 bits per heavy atom. The Kier molecular flexibility index (Phi) is 2.75. The van der Waals surface area contributed by atoms with Gasteiger partial charge in [0.15, 0.2) is 0 Å². The van der Waals surface area contributed by atoms with Gasteiger partial charge in [-0.3, -0.25) is 9.59 Å². The van der Waals surface area contributed by atoms with Crippen LogP contribution in [0.1, 0.15) is 13.8 Å². The van der Waals surface area contributed by atoms with E-state index in [2.05, 4.69) is 14.1 Å². The van der Waals surface area contributed by atoms with Crippen molar-refractivity contribution in [1.82, 2.24) is 8.75 Å². The molecule has 1 aromatic carbocycles. The monoisotopic (exact) mass is 291 g/mol. The molecule has 1 aromatic heterocycles. The van der Waals surface area contributed by atoms with Crippen LogP contribution in [0.2, 0.25) is 0 Å². The van der Waals surface area contributed by atoms with E-state index in [9.17, 15) is 9.59 Å². The van der Waals surface area contributed by atoms with Crippen LogP contribution in [0.25, 0.3) is 11.0 Å². The van der Waals surface area contributed by atoms with Crippen LogP contribution in [-0.4, -0.2) is 25.7 Å². The van der Waals surface area contributed by atoms with Gasteiger partial charge in [-0.05, 0) is 17.5 Å². The highest BCUT2D eigenvalue weighted by molar-refractivity contribution is 7.00. The Morgan fingerprint density at radius 3 is 2.70 bits per heavy atom. The van der Waals surface area contributed by atoms with E-state index in [1.54, 1.807) is 26.0 Å². The van der Waals surface area contributed by atoms with Crippen LogP contribution < -0.4 is 5.32 Å². The predicted octanol–water partition coefficient (Wildman–Crippen LogP) is 1.99. The molecular weight excluding hydrogens is 278 g/mol. The lowest BCUT2D eigenvalue weighted by atomic mass is 10.1. The first-order valence-corrected chi connectivity index (χ1v) is 6.91. The summed E-state index contributed by atoms with van der Waals surface area (Å²) in [5.41, 5.74) is 1.42. The van der Waals surface area contributed by atoms with Crippen molar-refractivity contribution >= 4 is 40.3 Å². The number of anilines is 1.